The third-order valence-corrected chi connectivity index (χ3v) is 3.76. The molecule has 0 aromatic rings. The predicted molar refractivity (Wildman–Crippen MR) is 65.9 cm³/mol. The van der Waals surface area contributed by atoms with E-state index in [0.717, 1.165) is 0 Å². The first-order valence-electron chi connectivity index (χ1n) is 6.54. The molecule has 0 radical (unpaired) electrons. The Morgan fingerprint density at radius 2 is 2.29 bits per heavy atom. The van der Waals surface area contributed by atoms with E-state index in [0.29, 0.717) is 31.8 Å². The van der Waals surface area contributed by atoms with E-state index in [2.05, 4.69) is 15.5 Å². The summed E-state index contributed by atoms with van der Waals surface area (Å²) in [4.78, 5) is 14.1. The Morgan fingerprint density at radius 3 is 3.12 bits per heavy atom. The van der Waals surface area contributed by atoms with Gasteiger partial charge >= 0.3 is 0 Å². The zero-order valence-corrected chi connectivity index (χ0v) is 10.6. The lowest BCUT2D eigenvalue weighted by Crippen LogP contribution is -2.44. The van der Waals surface area contributed by atoms with Gasteiger partial charge in [0.1, 0.15) is 0 Å². The van der Waals surface area contributed by atoms with Gasteiger partial charge in [0, 0.05) is 32.3 Å². The van der Waals surface area contributed by atoms with Crippen molar-refractivity contribution in [3.8, 4) is 0 Å². The summed E-state index contributed by atoms with van der Waals surface area (Å²) in [6, 6.07) is 1.17. The molecule has 2 atom stereocenters. The number of rotatable bonds is 6. The Hall–Kier alpha value is -0.650. The van der Waals surface area contributed by atoms with Crippen LogP contribution in [0.2, 0.25) is 0 Å². The lowest BCUT2D eigenvalue weighted by Gasteiger charge is -2.21. The summed E-state index contributed by atoms with van der Waals surface area (Å²) in [5.74, 6) is 0.0681. The summed E-state index contributed by atoms with van der Waals surface area (Å²) in [7, 11) is 1.64. The van der Waals surface area contributed by atoms with Crippen LogP contribution in [-0.4, -0.2) is 62.8 Å². The molecule has 5 nitrogen and oxygen atoms in total. The molecule has 2 N–H and O–H groups in total. The molecule has 0 aromatic heterocycles. The maximum atomic E-state index is 11.5. The van der Waals surface area contributed by atoms with Gasteiger partial charge in [0.15, 0.2) is 0 Å². The van der Waals surface area contributed by atoms with Gasteiger partial charge in [-0.2, -0.15) is 0 Å². The maximum absolute atomic E-state index is 11.5. The van der Waals surface area contributed by atoms with Gasteiger partial charge in [-0.1, -0.05) is 0 Å². The van der Waals surface area contributed by atoms with Gasteiger partial charge in [-0.3, -0.25) is 9.69 Å². The second-order valence-corrected chi connectivity index (χ2v) is 4.86. The molecule has 1 amide bonds. The molecule has 2 rings (SSSR count). The highest BCUT2D eigenvalue weighted by atomic mass is 16.5. The molecule has 2 fully saturated rings. The molecular weight excluding hydrogens is 218 g/mol. The lowest BCUT2D eigenvalue weighted by atomic mass is 10.1. The third kappa shape index (κ3) is 3.40. The molecule has 2 aliphatic rings. The number of amides is 1. The SMILES string of the molecule is COCCNC(=O)CNC1CCN2CCCC12. The van der Waals surface area contributed by atoms with E-state index in [1.807, 2.05) is 0 Å². The molecule has 0 aliphatic carbocycles. The van der Waals surface area contributed by atoms with Gasteiger partial charge in [-0.05, 0) is 25.8 Å². The van der Waals surface area contributed by atoms with E-state index in [-0.39, 0.29) is 5.91 Å². The summed E-state index contributed by atoms with van der Waals surface area (Å²) in [6.07, 6.45) is 3.77. The molecule has 2 unspecified atom stereocenters. The van der Waals surface area contributed by atoms with Crippen LogP contribution in [0.1, 0.15) is 19.3 Å². The molecule has 17 heavy (non-hydrogen) atoms. The van der Waals surface area contributed by atoms with Crippen molar-refractivity contribution in [2.24, 2.45) is 0 Å². The first kappa shape index (κ1) is 12.8. The zero-order valence-electron chi connectivity index (χ0n) is 10.6. The molecule has 2 aliphatic heterocycles. The van der Waals surface area contributed by atoms with E-state index in [4.69, 9.17) is 4.74 Å². The van der Waals surface area contributed by atoms with E-state index in [1.54, 1.807) is 7.11 Å². The van der Waals surface area contributed by atoms with Crippen molar-refractivity contribution >= 4 is 5.91 Å². The Kier molecular flexibility index (Phi) is 4.76. The average Bonchev–Trinajstić information content (AvgIpc) is 2.89. The van der Waals surface area contributed by atoms with Crippen molar-refractivity contribution in [3.05, 3.63) is 0 Å². The van der Waals surface area contributed by atoms with Crippen LogP contribution in [0.4, 0.5) is 0 Å². The Bertz CT molecular complexity index is 260. The molecule has 2 heterocycles. The van der Waals surface area contributed by atoms with Crippen LogP contribution in [0.25, 0.3) is 0 Å². The molecule has 0 bridgehead atoms. The standard InChI is InChI=1S/C12H23N3O2/c1-17-8-5-13-12(16)9-14-10-4-7-15-6-2-3-11(10)15/h10-11,14H,2-9H2,1H3,(H,13,16). The monoisotopic (exact) mass is 241 g/mol. The average molecular weight is 241 g/mol. The number of ether oxygens (including phenoxy) is 1. The number of nitrogens with zero attached hydrogens (tertiary/aromatic N) is 1. The summed E-state index contributed by atoms with van der Waals surface area (Å²) in [5, 5.41) is 6.21. The molecular formula is C12H23N3O2. The summed E-state index contributed by atoms with van der Waals surface area (Å²) in [5.41, 5.74) is 0. The molecule has 0 aromatic carbocycles. The summed E-state index contributed by atoms with van der Waals surface area (Å²) in [6.45, 7) is 4.03. The van der Waals surface area contributed by atoms with Crippen molar-refractivity contribution in [3.63, 3.8) is 0 Å². The van der Waals surface area contributed by atoms with Crippen molar-refractivity contribution in [1.82, 2.24) is 15.5 Å². The van der Waals surface area contributed by atoms with Gasteiger partial charge in [0.25, 0.3) is 0 Å². The smallest absolute Gasteiger partial charge is 0.234 e. The molecule has 5 heteroatoms. The number of fused-ring (bicyclic) bond motifs is 1. The summed E-state index contributed by atoms with van der Waals surface area (Å²) >= 11 is 0. The van der Waals surface area contributed by atoms with Gasteiger partial charge in [-0.25, -0.2) is 0 Å². The Balaban J connectivity index is 1.63. The predicted octanol–water partition coefficient (Wildman–Crippen LogP) is -0.425. The topological polar surface area (TPSA) is 53.6 Å². The minimum Gasteiger partial charge on any atom is -0.383 e. The van der Waals surface area contributed by atoms with Crippen LogP contribution in [0, 0.1) is 0 Å². The largest absolute Gasteiger partial charge is 0.383 e. The van der Waals surface area contributed by atoms with Crippen molar-refractivity contribution in [2.45, 2.75) is 31.3 Å². The first-order valence-corrected chi connectivity index (χ1v) is 6.54. The highest BCUT2D eigenvalue weighted by molar-refractivity contribution is 5.78. The van der Waals surface area contributed by atoms with Gasteiger partial charge < -0.3 is 15.4 Å². The summed E-state index contributed by atoms with van der Waals surface area (Å²) < 4.78 is 4.89. The Labute approximate surface area is 103 Å². The van der Waals surface area contributed by atoms with Gasteiger partial charge in [-0.15, -0.1) is 0 Å². The maximum Gasteiger partial charge on any atom is 0.234 e. The van der Waals surface area contributed by atoms with Gasteiger partial charge in [0.2, 0.25) is 5.91 Å². The quantitative estimate of drug-likeness (QED) is 0.620. The zero-order chi connectivity index (χ0) is 12.1. The van der Waals surface area contributed by atoms with Crippen molar-refractivity contribution in [2.75, 3.05) is 39.9 Å². The number of nitrogens with one attached hydrogen (secondary N) is 2. The highest BCUT2D eigenvalue weighted by Gasteiger charge is 2.36. The van der Waals surface area contributed by atoms with Gasteiger partial charge in [0.05, 0.1) is 13.2 Å². The minimum atomic E-state index is 0.0681. The van der Waals surface area contributed by atoms with E-state index in [1.165, 1.54) is 32.4 Å². The fraction of sp³-hybridized carbons (Fsp3) is 0.917. The second-order valence-electron chi connectivity index (χ2n) is 4.86. The van der Waals surface area contributed by atoms with E-state index in [9.17, 15) is 4.79 Å². The van der Waals surface area contributed by atoms with Crippen LogP contribution >= 0.6 is 0 Å². The minimum absolute atomic E-state index is 0.0681. The van der Waals surface area contributed by atoms with Crippen LogP contribution in [-0.2, 0) is 9.53 Å². The third-order valence-electron chi connectivity index (χ3n) is 3.76. The van der Waals surface area contributed by atoms with E-state index < -0.39 is 0 Å². The van der Waals surface area contributed by atoms with Crippen LogP contribution < -0.4 is 10.6 Å². The fourth-order valence-electron chi connectivity index (χ4n) is 2.90. The molecule has 2 saturated heterocycles. The van der Waals surface area contributed by atoms with Crippen LogP contribution in [0.5, 0.6) is 0 Å². The normalized spacial score (nSPS) is 28.3. The number of carbonyl (C=O) groups excluding carboxylic acids is 1. The number of methoxy groups -OCH3 is 1. The first-order chi connectivity index (χ1) is 8.31. The lowest BCUT2D eigenvalue weighted by molar-refractivity contribution is -0.120. The molecule has 0 saturated carbocycles. The van der Waals surface area contributed by atoms with Crippen LogP contribution in [0.15, 0.2) is 0 Å². The number of hydrogen-bond acceptors (Lipinski definition) is 4. The Morgan fingerprint density at radius 1 is 1.41 bits per heavy atom. The van der Waals surface area contributed by atoms with Crippen LogP contribution in [0.3, 0.4) is 0 Å². The van der Waals surface area contributed by atoms with E-state index >= 15 is 0 Å². The van der Waals surface area contributed by atoms with Crippen molar-refractivity contribution in [1.29, 1.82) is 0 Å². The number of carbonyl (C=O) groups is 1. The highest BCUT2D eigenvalue weighted by Crippen LogP contribution is 2.27. The number of hydrogen-bond donors (Lipinski definition) is 2. The molecule has 98 valence electrons. The fourth-order valence-corrected chi connectivity index (χ4v) is 2.90. The second kappa shape index (κ2) is 6.33. The van der Waals surface area contributed by atoms with Crippen molar-refractivity contribution < 1.29 is 9.53 Å². The molecule has 0 spiro atoms.